The summed E-state index contributed by atoms with van der Waals surface area (Å²) >= 11 is 3.40. The van der Waals surface area contributed by atoms with Gasteiger partial charge in [-0.2, -0.15) is 0 Å². The zero-order valence-corrected chi connectivity index (χ0v) is 7.85. The topological polar surface area (TPSA) is 32.3 Å². The van der Waals surface area contributed by atoms with E-state index in [0.717, 1.165) is 10.0 Å². The highest BCUT2D eigenvalue weighted by molar-refractivity contribution is 9.10. The number of hydrogen-bond acceptors (Lipinski definition) is 2. The molecule has 2 N–H and O–H groups in total. The Kier molecular flexibility index (Phi) is 3.05. The Labute approximate surface area is 74.3 Å². The lowest BCUT2D eigenvalue weighted by Gasteiger charge is -2.02. The van der Waals surface area contributed by atoms with Crippen molar-refractivity contribution in [1.82, 2.24) is 5.48 Å². The van der Waals surface area contributed by atoms with Crippen LogP contribution in [0.4, 0.5) is 0 Å². The van der Waals surface area contributed by atoms with Crippen LogP contribution >= 0.6 is 15.9 Å². The van der Waals surface area contributed by atoms with Crippen LogP contribution in [0.15, 0.2) is 22.7 Å². The minimum absolute atomic E-state index is 0.473. The summed E-state index contributed by atoms with van der Waals surface area (Å²) in [6, 6.07) is 6.01. The van der Waals surface area contributed by atoms with Gasteiger partial charge in [0.05, 0.1) is 0 Å². The van der Waals surface area contributed by atoms with Crippen LogP contribution in [-0.2, 0) is 6.54 Å². The second-order valence-electron chi connectivity index (χ2n) is 2.43. The van der Waals surface area contributed by atoms with E-state index in [4.69, 9.17) is 5.21 Å². The standard InChI is InChI=1S/C8H10BrNO/c1-6-2-3-7(5-10-11)8(9)4-6/h2-4,10-11H,5H2,1H3. The zero-order valence-electron chi connectivity index (χ0n) is 6.26. The van der Waals surface area contributed by atoms with Crippen LogP contribution in [0.5, 0.6) is 0 Å². The van der Waals surface area contributed by atoms with E-state index < -0.39 is 0 Å². The number of hydroxylamine groups is 1. The molecule has 3 heteroatoms. The first kappa shape index (κ1) is 8.71. The molecule has 0 fully saturated rings. The van der Waals surface area contributed by atoms with Crippen molar-refractivity contribution in [3.05, 3.63) is 33.8 Å². The molecule has 0 saturated carbocycles. The maximum Gasteiger partial charge on any atom is 0.0469 e. The van der Waals surface area contributed by atoms with E-state index in [-0.39, 0.29) is 0 Å². The minimum Gasteiger partial charge on any atom is -0.316 e. The largest absolute Gasteiger partial charge is 0.316 e. The average Bonchev–Trinajstić information content (AvgIpc) is 1.95. The molecule has 1 aromatic carbocycles. The van der Waals surface area contributed by atoms with E-state index in [1.54, 1.807) is 0 Å². The lowest BCUT2D eigenvalue weighted by molar-refractivity contribution is 0.161. The quantitative estimate of drug-likeness (QED) is 0.743. The lowest BCUT2D eigenvalue weighted by Crippen LogP contribution is -2.06. The van der Waals surface area contributed by atoms with Gasteiger partial charge < -0.3 is 5.21 Å². The van der Waals surface area contributed by atoms with Crippen LogP contribution in [0.3, 0.4) is 0 Å². The Morgan fingerprint density at radius 2 is 2.27 bits per heavy atom. The summed E-state index contributed by atoms with van der Waals surface area (Å²) in [6.45, 7) is 2.50. The molecule has 0 aromatic heterocycles. The molecular weight excluding hydrogens is 206 g/mol. The Morgan fingerprint density at radius 1 is 1.55 bits per heavy atom. The maximum atomic E-state index is 8.44. The Morgan fingerprint density at radius 3 is 2.82 bits per heavy atom. The van der Waals surface area contributed by atoms with Crippen molar-refractivity contribution in [3.63, 3.8) is 0 Å². The normalized spacial score (nSPS) is 10.1. The molecule has 0 aliphatic rings. The van der Waals surface area contributed by atoms with Crippen molar-refractivity contribution in [2.75, 3.05) is 0 Å². The van der Waals surface area contributed by atoms with E-state index in [2.05, 4.69) is 21.4 Å². The van der Waals surface area contributed by atoms with Crippen LogP contribution in [0, 0.1) is 6.92 Å². The molecule has 0 saturated heterocycles. The molecule has 0 radical (unpaired) electrons. The Hall–Kier alpha value is -0.380. The van der Waals surface area contributed by atoms with Crippen molar-refractivity contribution in [2.45, 2.75) is 13.5 Å². The summed E-state index contributed by atoms with van der Waals surface area (Å²) in [5.74, 6) is 0. The molecule has 1 rings (SSSR count). The van der Waals surface area contributed by atoms with Gasteiger partial charge in [0.25, 0.3) is 0 Å². The third kappa shape index (κ3) is 2.29. The Bertz CT molecular complexity index is 250. The molecule has 11 heavy (non-hydrogen) atoms. The monoisotopic (exact) mass is 215 g/mol. The first-order valence-corrected chi connectivity index (χ1v) is 4.15. The van der Waals surface area contributed by atoms with Gasteiger partial charge in [-0.15, -0.1) is 0 Å². The molecular formula is C8H10BrNO. The number of benzene rings is 1. The van der Waals surface area contributed by atoms with E-state index in [1.165, 1.54) is 5.56 Å². The van der Waals surface area contributed by atoms with Gasteiger partial charge in [0, 0.05) is 11.0 Å². The smallest absolute Gasteiger partial charge is 0.0469 e. The molecule has 0 heterocycles. The number of nitrogens with one attached hydrogen (secondary N) is 1. The summed E-state index contributed by atoms with van der Waals surface area (Å²) in [5, 5.41) is 8.44. The van der Waals surface area contributed by atoms with Crippen LogP contribution in [0.25, 0.3) is 0 Å². The van der Waals surface area contributed by atoms with Crippen molar-refractivity contribution in [2.24, 2.45) is 0 Å². The van der Waals surface area contributed by atoms with Gasteiger partial charge in [-0.05, 0) is 24.1 Å². The van der Waals surface area contributed by atoms with Crippen LogP contribution in [-0.4, -0.2) is 5.21 Å². The van der Waals surface area contributed by atoms with Crippen molar-refractivity contribution in [1.29, 1.82) is 0 Å². The average molecular weight is 216 g/mol. The van der Waals surface area contributed by atoms with E-state index >= 15 is 0 Å². The lowest BCUT2D eigenvalue weighted by atomic mass is 10.1. The molecule has 0 bridgehead atoms. The van der Waals surface area contributed by atoms with Gasteiger partial charge in [0.1, 0.15) is 0 Å². The molecule has 2 nitrogen and oxygen atoms in total. The molecule has 0 amide bonds. The van der Waals surface area contributed by atoms with E-state index in [1.807, 2.05) is 25.1 Å². The van der Waals surface area contributed by atoms with Crippen LogP contribution in [0.1, 0.15) is 11.1 Å². The van der Waals surface area contributed by atoms with E-state index in [9.17, 15) is 0 Å². The molecule has 0 spiro atoms. The zero-order chi connectivity index (χ0) is 8.27. The molecule has 0 atom stereocenters. The van der Waals surface area contributed by atoms with Crippen molar-refractivity contribution in [3.8, 4) is 0 Å². The fraction of sp³-hybridized carbons (Fsp3) is 0.250. The van der Waals surface area contributed by atoms with E-state index in [0.29, 0.717) is 6.54 Å². The predicted octanol–water partition coefficient (Wildman–Crippen LogP) is 2.24. The predicted molar refractivity (Wildman–Crippen MR) is 47.5 cm³/mol. The number of halogens is 1. The number of rotatable bonds is 2. The summed E-state index contributed by atoms with van der Waals surface area (Å²) < 4.78 is 1.03. The molecule has 0 aliphatic carbocycles. The fourth-order valence-electron chi connectivity index (χ4n) is 0.881. The third-order valence-corrected chi connectivity index (χ3v) is 2.22. The maximum absolute atomic E-state index is 8.44. The third-order valence-electron chi connectivity index (χ3n) is 1.48. The summed E-state index contributed by atoms with van der Waals surface area (Å²) in [5.41, 5.74) is 4.38. The highest BCUT2D eigenvalue weighted by Crippen LogP contribution is 2.17. The minimum atomic E-state index is 0.473. The van der Waals surface area contributed by atoms with Crippen molar-refractivity contribution < 1.29 is 5.21 Å². The first-order chi connectivity index (χ1) is 5.24. The SMILES string of the molecule is Cc1ccc(CNO)c(Br)c1. The number of hydrogen-bond donors (Lipinski definition) is 2. The van der Waals surface area contributed by atoms with Crippen LogP contribution in [0.2, 0.25) is 0 Å². The fourth-order valence-corrected chi connectivity index (χ4v) is 1.51. The summed E-state index contributed by atoms with van der Waals surface area (Å²) in [7, 11) is 0. The number of aryl methyl sites for hydroxylation is 1. The van der Waals surface area contributed by atoms with Gasteiger partial charge >= 0.3 is 0 Å². The summed E-state index contributed by atoms with van der Waals surface area (Å²) in [4.78, 5) is 0. The molecule has 60 valence electrons. The van der Waals surface area contributed by atoms with Crippen molar-refractivity contribution >= 4 is 15.9 Å². The molecule has 0 unspecified atom stereocenters. The van der Waals surface area contributed by atoms with Gasteiger partial charge in [-0.3, -0.25) is 0 Å². The van der Waals surface area contributed by atoms with Gasteiger partial charge in [-0.1, -0.05) is 28.1 Å². The van der Waals surface area contributed by atoms with Gasteiger partial charge in [-0.25, -0.2) is 5.48 Å². The van der Waals surface area contributed by atoms with Gasteiger partial charge in [0.15, 0.2) is 0 Å². The highest BCUT2D eigenvalue weighted by atomic mass is 79.9. The van der Waals surface area contributed by atoms with Crippen LogP contribution < -0.4 is 5.48 Å². The molecule has 0 aliphatic heterocycles. The highest BCUT2D eigenvalue weighted by Gasteiger charge is 1.97. The molecule has 1 aromatic rings. The first-order valence-electron chi connectivity index (χ1n) is 3.36. The Balaban J connectivity index is 2.90. The second-order valence-corrected chi connectivity index (χ2v) is 3.28. The summed E-state index contributed by atoms with van der Waals surface area (Å²) in [6.07, 6.45) is 0. The second kappa shape index (κ2) is 3.85. The van der Waals surface area contributed by atoms with Gasteiger partial charge in [0.2, 0.25) is 0 Å².